The number of Topliss-reactive ketones (excluding diaryl/α,β-unsaturated/α-hetero) is 1. The van der Waals surface area contributed by atoms with Gasteiger partial charge in [-0.05, 0) is 12.8 Å². The molecule has 0 spiro atoms. The summed E-state index contributed by atoms with van der Waals surface area (Å²) >= 11 is 0. The van der Waals surface area contributed by atoms with E-state index in [9.17, 15) is 13.2 Å². The first-order valence-corrected chi connectivity index (χ1v) is 7.37. The number of carbonyl (C=O) groups excluding carboxylic acids is 1. The maximum absolute atomic E-state index is 11.9. The Labute approximate surface area is 103 Å². The van der Waals surface area contributed by atoms with E-state index in [1.807, 2.05) is 0 Å². The number of sulfonamides is 1. The van der Waals surface area contributed by atoms with Gasteiger partial charge in [-0.1, -0.05) is 20.8 Å². The fourth-order valence-electron chi connectivity index (χ4n) is 1.54. The summed E-state index contributed by atoms with van der Waals surface area (Å²) < 4.78 is 31.3. The van der Waals surface area contributed by atoms with Crippen molar-refractivity contribution in [3.63, 3.8) is 0 Å². The summed E-state index contributed by atoms with van der Waals surface area (Å²) in [4.78, 5) is 11.6. The Morgan fingerprint density at radius 2 is 1.82 bits per heavy atom. The van der Waals surface area contributed by atoms with Gasteiger partial charge in [-0.15, -0.1) is 0 Å². The largest absolute Gasteiger partial charge is 0.381 e. The molecule has 0 amide bonds. The van der Waals surface area contributed by atoms with Gasteiger partial charge in [-0.2, -0.15) is 0 Å². The average Bonchev–Trinajstić information content (AvgIpc) is 2.26. The minimum absolute atomic E-state index is 0.104. The van der Waals surface area contributed by atoms with Crippen molar-refractivity contribution in [1.82, 2.24) is 4.72 Å². The molecule has 17 heavy (non-hydrogen) atoms. The summed E-state index contributed by atoms with van der Waals surface area (Å²) in [6.45, 7) is 6.15. The van der Waals surface area contributed by atoms with E-state index in [0.29, 0.717) is 26.1 Å². The van der Waals surface area contributed by atoms with Crippen LogP contribution in [0.5, 0.6) is 0 Å². The van der Waals surface area contributed by atoms with E-state index in [0.717, 1.165) is 0 Å². The molecule has 0 atom stereocenters. The van der Waals surface area contributed by atoms with Crippen LogP contribution in [0, 0.1) is 5.41 Å². The van der Waals surface area contributed by atoms with E-state index >= 15 is 0 Å². The van der Waals surface area contributed by atoms with Gasteiger partial charge in [0, 0.05) is 18.6 Å². The van der Waals surface area contributed by atoms with Gasteiger partial charge in [0.15, 0.2) is 5.78 Å². The molecule has 0 aromatic carbocycles. The van der Waals surface area contributed by atoms with Gasteiger partial charge in [0.25, 0.3) is 0 Å². The SMILES string of the molecule is CC(C)(C)C(=O)CNS(=O)(=O)C1CCOCC1. The van der Waals surface area contributed by atoms with Crippen molar-refractivity contribution < 1.29 is 17.9 Å². The first-order chi connectivity index (χ1) is 7.73. The lowest BCUT2D eigenvalue weighted by Gasteiger charge is -2.23. The third-order valence-electron chi connectivity index (χ3n) is 2.88. The van der Waals surface area contributed by atoms with Gasteiger partial charge < -0.3 is 4.74 Å². The molecule has 0 aromatic heterocycles. The summed E-state index contributed by atoms with van der Waals surface area (Å²) in [5.41, 5.74) is -0.516. The molecule has 5 nitrogen and oxygen atoms in total. The number of ketones is 1. The monoisotopic (exact) mass is 263 g/mol. The molecule has 1 aliphatic heterocycles. The Hall–Kier alpha value is -0.460. The summed E-state index contributed by atoms with van der Waals surface area (Å²) in [6, 6.07) is 0. The zero-order valence-electron chi connectivity index (χ0n) is 10.7. The molecule has 1 N–H and O–H groups in total. The smallest absolute Gasteiger partial charge is 0.215 e. The van der Waals surface area contributed by atoms with Gasteiger partial charge in [-0.25, -0.2) is 13.1 Å². The zero-order chi connectivity index (χ0) is 13.1. The normalized spacial score (nSPS) is 19.2. The molecule has 1 fully saturated rings. The molecule has 0 radical (unpaired) electrons. The van der Waals surface area contributed by atoms with Crippen molar-refractivity contribution in [3.05, 3.63) is 0 Å². The number of hydrogen-bond acceptors (Lipinski definition) is 4. The highest BCUT2D eigenvalue weighted by Crippen LogP contribution is 2.16. The number of hydrogen-bond donors (Lipinski definition) is 1. The summed E-state index contributed by atoms with van der Waals surface area (Å²) in [6.07, 6.45) is 0.998. The Balaban J connectivity index is 2.52. The standard InChI is InChI=1S/C11H21NO4S/c1-11(2,3)10(13)8-12-17(14,15)9-4-6-16-7-5-9/h9,12H,4-8H2,1-3H3. The maximum Gasteiger partial charge on any atom is 0.215 e. The molecule has 1 heterocycles. The Morgan fingerprint density at radius 1 is 1.29 bits per heavy atom. The number of ether oxygens (including phenoxy) is 1. The highest BCUT2D eigenvalue weighted by Gasteiger charge is 2.29. The number of carbonyl (C=O) groups is 1. The van der Waals surface area contributed by atoms with Gasteiger partial charge in [0.1, 0.15) is 0 Å². The van der Waals surface area contributed by atoms with E-state index in [4.69, 9.17) is 4.74 Å². The van der Waals surface area contributed by atoms with E-state index in [-0.39, 0.29) is 12.3 Å². The quantitative estimate of drug-likeness (QED) is 0.810. The summed E-state index contributed by atoms with van der Waals surface area (Å²) in [7, 11) is -3.39. The van der Waals surface area contributed by atoms with Crippen LogP contribution >= 0.6 is 0 Å². The van der Waals surface area contributed by atoms with Crippen LogP contribution in [0.4, 0.5) is 0 Å². The minimum Gasteiger partial charge on any atom is -0.381 e. The van der Waals surface area contributed by atoms with E-state index in [1.165, 1.54) is 0 Å². The first-order valence-electron chi connectivity index (χ1n) is 5.83. The molecule has 0 aliphatic carbocycles. The third-order valence-corrected chi connectivity index (χ3v) is 4.77. The molecule has 1 saturated heterocycles. The molecule has 0 bridgehead atoms. The number of nitrogens with one attached hydrogen (secondary N) is 1. The van der Waals surface area contributed by atoms with E-state index < -0.39 is 20.7 Å². The van der Waals surface area contributed by atoms with Gasteiger partial charge in [0.2, 0.25) is 10.0 Å². The van der Waals surface area contributed by atoms with Crippen molar-refractivity contribution in [2.45, 2.75) is 38.9 Å². The van der Waals surface area contributed by atoms with Crippen LogP contribution in [0.2, 0.25) is 0 Å². The number of rotatable bonds is 4. The lowest BCUT2D eigenvalue weighted by molar-refractivity contribution is -0.125. The van der Waals surface area contributed by atoms with Crippen LogP contribution in [0.3, 0.4) is 0 Å². The average molecular weight is 263 g/mol. The lowest BCUT2D eigenvalue weighted by Crippen LogP contribution is -2.42. The summed E-state index contributed by atoms with van der Waals surface area (Å²) in [5, 5.41) is -0.427. The molecule has 0 aromatic rings. The van der Waals surface area contributed by atoms with Crippen molar-refractivity contribution in [2.75, 3.05) is 19.8 Å². The second kappa shape index (κ2) is 5.46. The van der Waals surface area contributed by atoms with Gasteiger partial charge in [0.05, 0.1) is 11.8 Å². The van der Waals surface area contributed by atoms with Crippen LogP contribution < -0.4 is 4.72 Å². The van der Waals surface area contributed by atoms with Gasteiger partial charge in [-0.3, -0.25) is 4.79 Å². The second-order valence-electron chi connectivity index (χ2n) is 5.35. The molecular formula is C11H21NO4S. The Morgan fingerprint density at radius 3 is 2.29 bits per heavy atom. The van der Waals surface area contributed by atoms with Crippen LogP contribution in [-0.4, -0.2) is 39.2 Å². The predicted molar refractivity (Wildman–Crippen MR) is 65.2 cm³/mol. The molecule has 1 rings (SSSR count). The van der Waals surface area contributed by atoms with Crippen LogP contribution in [0.25, 0.3) is 0 Å². The maximum atomic E-state index is 11.9. The molecule has 6 heteroatoms. The minimum atomic E-state index is -3.39. The third kappa shape index (κ3) is 4.37. The lowest BCUT2D eigenvalue weighted by atomic mass is 9.91. The topological polar surface area (TPSA) is 72.5 Å². The highest BCUT2D eigenvalue weighted by molar-refractivity contribution is 7.90. The second-order valence-corrected chi connectivity index (χ2v) is 7.40. The van der Waals surface area contributed by atoms with E-state index in [1.54, 1.807) is 20.8 Å². The summed E-state index contributed by atoms with van der Waals surface area (Å²) in [5.74, 6) is -0.104. The Bertz CT molecular complexity index is 363. The highest BCUT2D eigenvalue weighted by atomic mass is 32.2. The fourth-order valence-corrected chi connectivity index (χ4v) is 2.92. The van der Waals surface area contributed by atoms with Crippen molar-refractivity contribution >= 4 is 15.8 Å². The van der Waals surface area contributed by atoms with Crippen molar-refractivity contribution in [3.8, 4) is 0 Å². The molecule has 0 saturated carbocycles. The first kappa shape index (κ1) is 14.6. The molecule has 1 aliphatic rings. The van der Waals surface area contributed by atoms with E-state index in [2.05, 4.69) is 4.72 Å². The van der Waals surface area contributed by atoms with Crippen LogP contribution in [0.15, 0.2) is 0 Å². The molecule has 100 valence electrons. The zero-order valence-corrected chi connectivity index (χ0v) is 11.5. The Kier molecular flexibility index (Phi) is 4.69. The van der Waals surface area contributed by atoms with Crippen molar-refractivity contribution in [2.24, 2.45) is 5.41 Å². The molecular weight excluding hydrogens is 242 g/mol. The van der Waals surface area contributed by atoms with Crippen LogP contribution in [0.1, 0.15) is 33.6 Å². The fraction of sp³-hybridized carbons (Fsp3) is 0.909. The molecule has 0 unspecified atom stereocenters. The van der Waals surface area contributed by atoms with Crippen LogP contribution in [-0.2, 0) is 19.6 Å². The van der Waals surface area contributed by atoms with Gasteiger partial charge >= 0.3 is 0 Å². The van der Waals surface area contributed by atoms with Crippen molar-refractivity contribution in [1.29, 1.82) is 0 Å². The predicted octanol–water partition coefficient (Wildman–Crippen LogP) is 0.700.